The number of nitriles is 3. The Kier molecular flexibility index (Phi) is 4.67. The topological polar surface area (TPSA) is 95.2 Å². The van der Waals surface area contributed by atoms with Crippen molar-refractivity contribution < 1.29 is 0 Å². The molecule has 1 fully saturated rings. The third kappa shape index (κ3) is 2.85. The van der Waals surface area contributed by atoms with E-state index in [2.05, 4.69) is 45.1 Å². The molecular weight excluding hydrogens is 332 g/mol. The normalized spacial score (nSPS) is 29.5. The van der Waals surface area contributed by atoms with E-state index in [0.717, 1.165) is 24.0 Å². The molecule has 0 amide bonds. The SMILES string of the molecule is CC(C)(C)[C@H]1CC=C2C(C#N)C(=N)C(C#N)(C#N)[C@@H](c3ccccc3)[C@@H]2C1. The molecule has 0 heterocycles. The molecule has 0 aliphatic heterocycles. The zero-order chi connectivity index (χ0) is 19.8. The van der Waals surface area contributed by atoms with E-state index in [4.69, 9.17) is 5.41 Å². The molecule has 2 aliphatic carbocycles. The van der Waals surface area contributed by atoms with Gasteiger partial charge in [-0.2, -0.15) is 15.8 Å². The highest BCUT2D eigenvalue weighted by atomic mass is 14.7. The molecule has 3 rings (SSSR count). The zero-order valence-corrected chi connectivity index (χ0v) is 16.0. The van der Waals surface area contributed by atoms with Crippen LogP contribution in [0.3, 0.4) is 0 Å². The highest BCUT2D eigenvalue weighted by Gasteiger charge is 2.58. The minimum Gasteiger partial charge on any atom is -0.305 e. The summed E-state index contributed by atoms with van der Waals surface area (Å²) in [6.45, 7) is 6.63. The van der Waals surface area contributed by atoms with Crippen LogP contribution in [0.2, 0.25) is 0 Å². The lowest BCUT2D eigenvalue weighted by atomic mass is 9.51. The average molecular weight is 356 g/mol. The maximum absolute atomic E-state index is 10.0. The van der Waals surface area contributed by atoms with Crippen molar-refractivity contribution in [1.29, 1.82) is 21.2 Å². The van der Waals surface area contributed by atoms with Crippen molar-refractivity contribution in [3.05, 3.63) is 47.5 Å². The molecule has 0 bridgehead atoms. The fraction of sp³-hybridized carbons (Fsp3) is 0.478. The van der Waals surface area contributed by atoms with E-state index in [-0.39, 0.29) is 17.0 Å². The molecule has 2 aliphatic rings. The molecule has 27 heavy (non-hydrogen) atoms. The van der Waals surface area contributed by atoms with Crippen LogP contribution in [-0.4, -0.2) is 5.71 Å². The molecule has 0 radical (unpaired) electrons. The van der Waals surface area contributed by atoms with Crippen LogP contribution in [0.4, 0.5) is 0 Å². The maximum Gasteiger partial charge on any atom is 0.189 e. The molecule has 4 heteroatoms. The van der Waals surface area contributed by atoms with Gasteiger partial charge in [-0.05, 0) is 41.2 Å². The Morgan fingerprint density at radius 2 is 1.70 bits per heavy atom. The van der Waals surface area contributed by atoms with E-state index in [1.807, 2.05) is 30.3 Å². The molecule has 1 aromatic rings. The van der Waals surface area contributed by atoms with Crippen LogP contribution in [0.25, 0.3) is 0 Å². The predicted molar refractivity (Wildman–Crippen MR) is 103 cm³/mol. The first-order valence-electron chi connectivity index (χ1n) is 9.36. The van der Waals surface area contributed by atoms with Gasteiger partial charge in [-0.25, -0.2) is 0 Å². The van der Waals surface area contributed by atoms with E-state index >= 15 is 0 Å². The number of hydrogen-bond acceptors (Lipinski definition) is 4. The van der Waals surface area contributed by atoms with Crippen molar-refractivity contribution >= 4 is 5.71 Å². The Hall–Kier alpha value is -2.90. The molecule has 136 valence electrons. The van der Waals surface area contributed by atoms with Gasteiger partial charge in [0.05, 0.1) is 23.9 Å². The molecule has 1 unspecified atom stereocenters. The van der Waals surface area contributed by atoms with Crippen molar-refractivity contribution in [3.8, 4) is 18.2 Å². The first-order valence-corrected chi connectivity index (χ1v) is 9.36. The summed E-state index contributed by atoms with van der Waals surface area (Å²) < 4.78 is 0. The van der Waals surface area contributed by atoms with Gasteiger partial charge in [0.15, 0.2) is 5.41 Å². The lowest BCUT2D eigenvalue weighted by Gasteiger charge is -2.49. The highest BCUT2D eigenvalue weighted by Crippen LogP contribution is 2.57. The molecular formula is C23H24N4. The van der Waals surface area contributed by atoms with Gasteiger partial charge in [-0.1, -0.05) is 57.2 Å². The highest BCUT2D eigenvalue weighted by molar-refractivity contribution is 6.00. The number of benzene rings is 1. The van der Waals surface area contributed by atoms with E-state index < -0.39 is 17.3 Å². The molecule has 4 atom stereocenters. The summed E-state index contributed by atoms with van der Waals surface area (Å²) in [5.41, 5.74) is 0.243. The minimum absolute atomic E-state index is 0.0689. The van der Waals surface area contributed by atoms with Crippen LogP contribution in [0, 0.1) is 68.0 Å². The monoisotopic (exact) mass is 356 g/mol. The summed E-state index contributed by atoms with van der Waals surface area (Å²) >= 11 is 0. The van der Waals surface area contributed by atoms with Crippen LogP contribution in [0.5, 0.6) is 0 Å². The van der Waals surface area contributed by atoms with Crippen LogP contribution in [0.1, 0.15) is 45.1 Å². The van der Waals surface area contributed by atoms with Gasteiger partial charge in [0.2, 0.25) is 0 Å². The van der Waals surface area contributed by atoms with E-state index in [0.29, 0.717) is 5.92 Å². The summed E-state index contributed by atoms with van der Waals surface area (Å²) in [5, 5.41) is 38.4. The quantitative estimate of drug-likeness (QED) is 0.719. The second-order valence-corrected chi connectivity index (χ2v) is 8.74. The third-order valence-electron chi connectivity index (χ3n) is 6.39. The number of fused-ring (bicyclic) bond motifs is 1. The Balaban J connectivity index is 2.24. The zero-order valence-electron chi connectivity index (χ0n) is 16.0. The minimum atomic E-state index is -1.61. The van der Waals surface area contributed by atoms with Gasteiger partial charge < -0.3 is 5.41 Å². The molecule has 1 saturated carbocycles. The molecule has 0 aromatic heterocycles. The first-order chi connectivity index (χ1) is 12.8. The van der Waals surface area contributed by atoms with Crippen molar-refractivity contribution in [3.63, 3.8) is 0 Å². The summed E-state index contributed by atoms with van der Waals surface area (Å²) in [4.78, 5) is 0. The van der Waals surface area contributed by atoms with Crippen LogP contribution < -0.4 is 0 Å². The molecule has 0 saturated heterocycles. The van der Waals surface area contributed by atoms with E-state index in [9.17, 15) is 15.8 Å². The van der Waals surface area contributed by atoms with E-state index in [1.165, 1.54) is 0 Å². The largest absolute Gasteiger partial charge is 0.305 e. The summed E-state index contributed by atoms with van der Waals surface area (Å²) in [6.07, 6.45) is 3.81. The van der Waals surface area contributed by atoms with Crippen LogP contribution in [-0.2, 0) is 0 Å². The predicted octanol–water partition coefficient (Wildman–Crippen LogP) is 4.98. The fourth-order valence-electron chi connectivity index (χ4n) is 4.77. The number of allylic oxidation sites excluding steroid dienone is 2. The lowest BCUT2D eigenvalue weighted by molar-refractivity contribution is 0.168. The summed E-state index contributed by atoms with van der Waals surface area (Å²) in [7, 11) is 0. The Morgan fingerprint density at radius 3 is 2.22 bits per heavy atom. The average Bonchev–Trinajstić information content (AvgIpc) is 2.67. The Labute approximate surface area is 161 Å². The van der Waals surface area contributed by atoms with Crippen molar-refractivity contribution in [1.82, 2.24) is 0 Å². The van der Waals surface area contributed by atoms with Crippen LogP contribution >= 0.6 is 0 Å². The number of hydrogen-bond donors (Lipinski definition) is 1. The standard InChI is InChI=1S/C23H24N4/c1-22(2,3)16-9-10-17-18(11-16)20(15-7-5-4-6-8-15)23(13-25,14-26)21(27)19(17)12-24/h4-8,10,16,18-20,27H,9,11H2,1-3H3/t16-,18+,19?,20-/m0/s1. The number of nitrogens with one attached hydrogen (secondary N) is 1. The van der Waals surface area contributed by atoms with Gasteiger partial charge in [0.1, 0.15) is 5.92 Å². The molecule has 1 N–H and O–H groups in total. The van der Waals surface area contributed by atoms with Gasteiger partial charge in [0, 0.05) is 5.92 Å². The smallest absolute Gasteiger partial charge is 0.189 e. The molecule has 4 nitrogen and oxygen atoms in total. The number of rotatable bonds is 1. The second kappa shape index (κ2) is 6.68. The van der Waals surface area contributed by atoms with Crippen molar-refractivity contribution in [2.75, 3.05) is 0 Å². The molecule has 0 spiro atoms. The maximum atomic E-state index is 10.0. The summed E-state index contributed by atoms with van der Waals surface area (Å²) in [5.74, 6) is -0.889. The van der Waals surface area contributed by atoms with Gasteiger partial charge in [0.25, 0.3) is 0 Å². The Morgan fingerprint density at radius 1 is 1.07 bits per heavy atom. The molecule has 1 aromatic carbocycles. The number of nitrogens with zero attached hydrogens (tertiary/aromatic N) is 3. The van der Waals surface area contributed by atoms with Crippen molar-refractivity contribution in [2.24, 2.45) is 28.6 Å². The van der Waals surface area contributed by atoms with E-state index in [1.54, 1.807) is 0 Å². The Bertz CT molecular complexity index is 885. The summed E-state index contributed by atoms with van der Waals surface area (Å²) in [6, 6.07) is 16.1. The van der Waals surface area contributed by atoms with Crippen LogP contribution in [0.15, 0.2) is 42.0 Å². The van der Waals surface area contributed by atoms with Gasteiger partial charge >= 0.3 is 0 Å². The second-order valence-electron chi connectivity index (χ2n) is 8.74. The van der Waals surface area contributed by atoms with Crippen molar-refractivity contribution in [2.45, 2.75) is 39.5 Å². The fourth-order valence-corrected chi connectivity index (χ4v) is 4.77. The third-order valence-corrected chi connectivity index (χ3v) is 6.39. The van der Waals surface area contributed by atoms with Gasteiger partial charge in [-0.15, -0.1) is 0 Å². The van der Waals surface area contributed by atoms with Gasteiger partial charge in [-0.3, -0.25) is 0 Å². The first kappa shape index (κ1) is 18.9. The lowest BCUT2D eigenvalue weighted by Crippen LogP contribution is -2.50.